The van der Waals surface area contributed by atoms with E-state index in [0.29, 0.717) is 0 Å². The summed E-state index contributed by atoms with van der Waals surface area (Å²) in [4.78, 5) is 0. The fourth-order valence-electron chi connectivity index (χ4n) is 1.35. The van der Waals surface area contributed by atoms with Crippen molar-refractivity contribution < 1.29 is 17.9 Å². The zero-order chi connectivity index (χ0) is 15.7. The molecular formula is C14H14F3N3O. The molecule has 0 bridgehead atoms. The molecule has 1 aromatic carbocycles. The Labute approximate surface area is 120 Å². The van der Waals surface area contributed by atoms with Gasteiger partial charge in [-0.3, -0.25) is 5.32 Å². The second kappa shape index (κ2) is 8.05. The van der Waals surface area contributed by atoms with Crippen LogP contribution < -0.4 is 16.4 Å². The number of nitrogens with two attached hydrogens (primary N) is 1. The van der Waals surface area contributed by atoms with Crippen molar-refractivity contribution in [2.45, 2.75) is 12.5 Å². The van der Waals surface area contributed by atoms with E-state index in [1.807, 2.05) is 0 Å². The lowest BCUT2D eigenvalue weighted by Crippen LogP contribution is -2.38. The molecule has 4 N–H and O–H groups in total. The fourth-order valence-corrected chi connectivity index (χ4v) is 1.35. The molecule has 7 heteroatoms. The first-order valence-electron chi connectivity index (χ1n) is 5.91. The molecule has 1 aromatic rings. The highest BCUT2D eigenvalue weighted by Crippen LogP contribution is 2.30. The van der Waals surface area contributed by atoms with Gasteiger partial charge in [-0.05, 0) is 24.1 Å². The molecule has 1 rings (SSSR count). The minimum Gasteiger partial charge on any atom is -0.407 e. The molecule has 0 spiro atoms. The molecule has 0 aromatic heterocycles. The van der Waals surface area contributed by atoms with Gasteiger partial charge in [-0.2, -0.15) is 13.2 Å². The van der Waals surface area contributed by atoms with Gasteiger partial charge in [-0.25, -0.2) is 0 Å². The molecule has 0 fully saturated rings. The summed E-state index contributed by atoms with van der Waals surface area (Å²) in [5.41, 5.74) is 4.63. The summed E-state index contributed by atoms with van der Waals surface area (Å²) in [5, 5.41) is 5.45. The first kappa shape index (κ1) is 16.7. The molecule has 112 valence electrons. The van der Waals surface area contributed by atoms with Crippen LogP contribution in [0, 0.1) is 24.4 Å². The number of hydrogen-bond acceptors (Lipinski definition) is 4. The van der Waals surface area contributed by atoms with Crippen molar-refractivity contribution in [1.82, 2.24) is 5.32 Å². The first-order valence-corrected chi connectivity index (χ1v) is 5.91. The molecule has 0 amide bonds. The van der Waals surface area contributed by atoms with Crippen LogP contribution in [0.15, 0.2) is 24.3 Å². The smallest absolute Gasteiger partial charge is 0.407 e. The standard InChI is InChI=1S/C14H14F3N3O/c1-2-8-19-13(21-9-4-7-18)20-12-6-3-5-11(10-12)14(15,16)17/h1,3,5-6,10,13,19-20H,7-8,18H2. The largest absolute Gasteiger partial charge is 0.416 e. The number of nitrogens with one attached hydrogen (secondary N) is 2. The lowest BCUT2D eigenvalue weighted by atomic mass is 10.2. The van der Waals surface area contributed by atoms with Crippen LogP contribution in [0.1, 0.15) is 5.56 Å². The molecule has 0 radical (unpaired) electrons. The van der Waals surface area contributed by atoms with Gasteiger partial charge in [0, 0.05) is 5.69 Å². The van der Waals surface area contributed by atoms with Crippen LogP contribution in [0.25, 0.3) is 0 Å². The number of terminal acetylenes is 1. The molecular weight excluding hydrogens is 283 g/mol. The molecule has 1 atom stereocenters. The second-order valence-corrected chi connectivity index (χ2v) is 3.79. The maximum atomic E-state index is 12.6. The highest BCUT2D eigenvalue weighted by Gasteiger charge is 2.30. The SMILES string of the molecule is C#CCNC(Nc1cccc(C(F)(F)F)c1)OC#CCN. The van der Waals surface area contributed by atoms with Gasteiger partial charge in [-0.1, -0.05) is 12.0 Å². The summed E-state index contributed by atoms with van der Waals surface area (Å²) < 4.78 is 42.9. The Bertz CT molecular complexity index is 555. The fraction of sp³-hybridized carbons (Fsp3) is 0.286. The number of rotatable bonds is 5. The molecule has 1 unspecified atom stereocenters. The quantitative estimate of drug-likeness (QED) is 0.570. The van der Waals surface area contributed by atoms with E-state index in [1.165, 1.54) is 12.1 Å². The number of ether oxygens (including phenoxy) is 1. The monoisotopic (exact) mass is 297 g/mol. The maximum Gasteiger partial charge on any atom is 0.416 e. The molecule has 0 aliphatic rings. The Balaban J connectivity index is 2.80. The van der Waals surface area contributed by atoms with Crippen molar-refractivity contribution >= 4 is 5.69 Å². The van der Waals surface area contributed by atoms with E-state index in [9.17, 15) is 13.2 Å². The molecule has 0 saturated carbocycles. The van der Waals surface area contributed by atoms with Crippen LogP contribution >= 0.6 is 0 Å². The number of benzene rings is 1. The van der Waals surface area contributed by atoms with E-state index in [4.69, 9.17) is 16.9 Å². The Hall–Kier alpha value is -2.35. The van der Waals surface area contributed by atoms with Crippen LogP contribution in [0.4, 0.5) is 18.9 Å². The molecule has 0 aliphatic carbocycles. The second-order valence-electron chi connectivity index (χ2n) is 3.79. The Kier molecular flexibility index (Phi) is 6.41. The summed E-state index contributed by atoms with van der Waals surface area (Å²) in [5.74, 6) is 4.80. The van der Waals surface area contributed by atoms with Gasteiger partial charge in [0.15, 0.2) is 0 Å². The van der Waals surface area contributed by atoms with Crippen LogP contribution in [0.2, 0.25) is 0 Å². The summed E-state index contributed by atoms with van der Waals surface area (Å²) in [7, 11) is 0. The topological polar surface area (TPSA) is 59.3 Å². The number of alkyl halides is 3. The van der Waals surface area contributed by atoms with Crippen LogP contribution in [0.3, 0.4) is 0 Å². The summed E-state index contributed by atoms with van der Waals surface area (Å²) >= 11 is 0. The third-order valence-corrected chi connectivity index (χ3v) is 2.23. The van der Waals surface area contributed by atoms with E-state index in [2.05, 4.69) is 28.6 Å². The lowest BCUT2D eigenvalue weighted by molar-refractivity contribution is -0.137. The average Bonchev–Trinajstić information content (AvgIpc) is 2.44. The van der Waals surface area contributed by atoms with E-state index < -0.39 is 18.1 Å². The first-order chi connectivity index (χ1) is 9.97. The van der Waals surface area contributed by atoms with Crippen molar-refractivity contribution in [2.24, 2.45) is 5.73 Å². The highest BCUT2D eigenvalue weighted by molar-refractivity contribution is 5.46. The summed E-state index contributed by atoms with van der Waals surface area (Å²) in [6.45, 7) is 0.256. The van der Waals surface area contributed by atoms with Crippen molar-refractivity contribution in [2.75, 3.05) is 18.4 Å². The average molecular weight is 297 g/mol. The van der Waals surface area contributed by atoms with Gasteiger partial charge >= 0.3 is 6.18 Å². The summed E-state index contributed by atoms with van der Waals surface area (Å²) in [6.07, 6.45) is 2.15. The zero-order valence-corrected chi connectivity index (χ0v) is 11.0. The minimum absolute atomic E-state index is 0.103. The lowest BCUT2D eigenvalue weighted by Gasteiger charge is -2.18. The minimum atomic E-state index is -4.42. The van der Waals surface area contributed by atoms with Crippen LogP contribution in [0.5, 0.6) is 0 Å². The van der Waals surface area contributed by atoms with E-state index >= 15 is 0 Å². The van der Waals surface area contributed by atoms with Gasteiger partial charge in [0.25, 0.3) is 0 Å². The van der Waals surface area contributed by atoms with Crippen molar-refractivity contribution in [3.05, 3.63) is 29.8 Å². The van der Waals surface area contributed by atoms with Crippen LogP contribution in [-0.4, -0.2) is 19.4 Å². The molecule has 0 heterocycles. The molecule has 4 nitrogen and oxygen atoms in total. The zero-order valence-electron chi connectivity index (χ0n) is 11.0. The third-order valence-electron chi connectivity index (χ3n) is 2.23. The Morgan fingerprint density at radius 1 is 1.38 bits per heavy atom. The van der Waals surface area contributed by atoms with Crippen LogP contribution in [-0.2, 0) is 10.9 Å². The van der Waals surface area contributed by atoms with Gasteiger partial charge in [-0.15, -0.1) is 6.42 Å². The molecule has 21 heavy (non-hydrogen) atoms. The van der Waals surface area contributed by atoms with Gasteiger partial charge in [0.05, 0.1) is 18.7 Å². The number of halogens is 3. The van der Waals surface area contributed by atoms with Gasteiger partial charge in [0.2, 0.25) is 6.35 Å². The van der Waals surface area contributed by atoms with E-state index in [1.54, 1.807) is 0 Å². The van der Waals surface area contributed by atoms with Gasteiger partial charge < -0.3 is 15.8 Å². The van der Waals surface area contributed by atoms with Crippen molar-refractivity contribution in [3.8, 4) is 24.4 Å². The highest BCUT2D eigenvalue weighted by atomic mass is 19.4. The summed E-state index contributed by atoms with van der Waals surface area (Å²) in [6, 6.07) is 4.70. The Morgan fingerprint density at radius 3 is 2.76 bits per heavy atom. The van der Waals surface area contributed by atoms with E-state index in [0.717, 1.165) is 12.1 Å². The molecule has 0 saturated heterocycles. The predicted octanol–water partition coefficient (Wildman–Crippen LogP) is 1.56. The normalized spacial score (nSPS) is 11.8. The number of anilines is 1. The predicted molar refractivity (Wildman–Crippen MR) is 73.6 cm³/mol. The molecule has 0 aliphatic heterocycles. The van der Waals surface area contributed by atoms with Crippen molar-refractivity contribution in [3.63, 3.8) is 0 Å². The maximum absolute atomic E-state index is 12.6. The Morgan fingerprint density at radius 2 is 2.14 bits per heavy atom. The van der Waals surface area contributed by atoms with Crippen molar-refractivity contribution in [1.29, 1.82) is 0 Å². The van der Waals surface area contributed by atoms with Gasteiger partial charge in [0.1, 0.15) is 6.11 Å². The van der Waals surface area contributed by atoms with E-state index in [-0.39, 0.29) is 18.8 Å². The number of hydrogen-bond donors (Lipinski definition) is 3. The third kappa shape index (κ3) is 6.09.